The molecule has 340 valence electrons. The molecule has 0 aliphatic rings. The highest BCUT2D eigenvalue weighted by molar-refractivity contribution is 5.85. The largest absolute Gasteiger partial charge is 0.497 e. The van der Waals surface area contributed by atoms with Crippen LogP contribution in [0.4, 0.5) is 13.2 Å². The molecule has 0 spiro atoms. The quantitative estimate of drug-likeness (QED) is 0.0521. The van der Waals surface area contributed by atoms with Gasteiger partial charge in [-0.1, -0.05) is 63.1 Å². The summed E-state index contributed by atoms with van der Waals surface area (Å²) in [7, 11) is 1.65. The number of aromatic nitrogens is 2. The monoisotopic (exact) mass is 886 g/mol. The number of rotatable bonds is 21. The number of methoxy groups -OCH3 is 1. The number of esters is 2. The summed E-state index contributed by atoms with van der Waals surface area (Å²) in [5, 5.41) is 0. The van der Waals surface area contributed by atoms with Crippen LogP contribution in [-0.2, 0) is 33.3 Å². The summed E-state index contributed by atoms with van der Waals surface area (Å²) in [5.74, 6) is 0.970. The molecule has 0 radical (unpaired) electrons. The molecule has 0 saturated heterocycles. The number of pyridine rings is 2. The normalized spacial score (nSPS) is 12.3. The van der Waals surface area contributed by atoms with Crippen LogP contribution in [0.1, 0.15) is 117 Å². The maximum atomic E-state index is 13.1. The Labute approximate surface area is 380 Å². The van der Waals surface area contributed by atoms with Crippen LogP contribution in [0.3, 0.4) is 0 Å². The van der Waals surface area contributed by atoms with E-state index < -0.39 is 23.7 Å². The molecule has 0 N–H and O–H groups in total. The molecule has 0 aliphatic carbocycles. The van der Waals surface area contributed by atoms with Crippen molar-refractivity contribution in [3.63, 3.8) is 0 Å². The first-order chi connectivity index (χ1) is 31.3. The fourth-order valence-electron chi connectivity index (χ4n) is 7.56. The highest BCUT2D eigenvalue weighted by Crippen LogP contribution is 2.33. The molecule has 2 atom stereocenters. The van der Waals surface area contributed by atoms with E-state index in [2.05, 4.69) is 13.8 Å². The van der Waals surface area contributed by atoms with E-state index in [1.165, 1.54) is 12.1 Å². The second-order valence-electron chi connectivity index (χ2n) is 16.2. The van der Waals surface area contributed by atoms with Crippen molar-refractivity contribution in [3.8, 4) is 39.8 Å². The van der Waals surface area contributed by atoms with E-state index in [1.807, 2.05) is 105 Å². The maximum absolute atomic E-state index is 13.1. The summed E-state index contributed by atoms with van der Waals surface area (Å²) in [5.41, 5.74) is 7.58. The molecule has 0 saturated carbocycles. The molecule has 4 aromatic carbocycles. The lowest BCUT2D eigenvalue weighted by molar-refractivity contribution is -0.159. The average Bonchev–Trinajstić information content (AvgIpc) is 3.31. The number of unbranched alkanes of at least 4 members (excludes halogenated alkanes) is 2. The molecule has 65 heavy (non-hydrogen) atoms. The van der Waals surface area contributed by atoms with E-state index in [0.29, 0.717) is 42.0 Å². The molecule has 8 nitrogen and oxygen atoms in total. The lowest BCUT2D eigenvalue weighted by Gasteiger charge is -2.20. The van der Waals surface area contributed by atoms with Gasteiger partial charge in [-0.3, -0.25) is 9.59 Å². The van der Waals surface area contributed by atoms with Gasteiger partial charge in [0.1, 0.15) is 29.5 Å². The zero-order valence-electron chi connectivity index (χ0n) is 37.8. The van der Waals surface area contributed by atoms with Crippen LogP contribution in [0, 0.1) is 13.8 Å². The van der Waals surface area contributed by atoms with Crippen molar-refractivity contribution >= 4 is 11.9 Å². The molecular weight excluding hydrogens is 830 g/mol. The first-order valence-electron chi connectivity index (χ1n) is 22.3. The van der Waals surface area contributed by atoms with Crippen molar-refractivity contribution < 1.29 is 41.7 Å². The molecule has 2 heterocycles. The van der Waals surface area contributed by atoms with Crippen molar-refractivity contribution in [1.82, 2.24) is 9.97 Å². The minimum atomic E-state index is -4.41. The minimum absolute atomic E-state index is 0.0364. The van der Waals surface area contributed by atoms with Crippen molar-refractivity contribution in [2.45, 2.75) is 110 Å². The molecule has 6 rings (SSSR count). The number of ether oxygens (including phenoxy) is 4. The molecule has 0 aliphatic heterocycles. The average molecular weight is 887 g/mol. The Hall–Kier alpha value is -6.49. The van der Waals surface area contributed by atoms with Gasteiger partial charge < -0.3 is 18.9 Å². The Bertz CT molecular complexity index is 2510. The van der Waals surface area contributed by atoms with Gasteiger partial charge in [-0.05, 0) is 160 Å². The Morgan fingerprint density at radius 3 is 1.42 bits per heavy atom. The zero-order chi connectivity index (χ0) is 46.3. The standard InChI is InChI=1S/C54H57F3N2O6/c1-6-8-16-50(48-14-10-12-46(58-48)40-18-26-42(27-19-40)54(55,56)57)63-44-30-20-38(36(3)34-44)24-32-52(60)65-53(61)33-25-39-21-31-45(35-37(39)4)64-51(17-9-7-2)49-15-11-13-47(59-49)41-22-28-43(62-5)29-23-41/h10-15,18-23,26-31,34-35,50-51H,6-9,16-17,24-25,32-33H2,1-5H3/t50-,51-/m0/s1. The van der Waals surface area contributed by atoms with Gasteiger partial charge in [0.15, 0.2) is 0 Å². The van der Waals surface area contributed by atoms with Gasteiger partial charge in [-0.25, -0.2) is 9.97 Å². The molecule has 0 fully saturated rings. The highest BCUT2D eigenvalue weighted by Gasteiger charge is 2.30. The number of benzene rings is 4. The molecule has 0 amide bonds. The van der Waals surface area contributed by atoms with Gasteiger partial charge in [-0.15, -0.1) is 0 Å². The Morgan fingerprint density at radius 1 is 0.585 bits per heavy atom. The molecule has 6 aromatic rings. The smallest absolute Gasteiger partial charge is 0.416 e. The van der Waals surface area contributed by atoms with E-state index in [0.717, 1.165) is 94.9 Å². The summed E-state index contributed by atoms with van der Waals surface area (Å²) >= 11 is 0. The van der Waals surface area contributed by atoms with E-state index in [-0.39, 0.29) is 25.0 Å². The number of alkyl halides is 3. The highest BCUT2D eigenvalue weighted by atomic mass is 19.4. The number of nitrogens with zero attached hydrogens (tertiary/aromatic N) is 2. The van der Waals surface area contributed by atoms with Gasteiger partial charge in [0.05, 0.1) is 48.3 Å². The van der Waals surface area contributed by atoms with Gasteiger partial charge in [0.25, 0.3) is 0 Å². The predicted molar refractivity (Wildman–Crippen MR) is 247 cm³/mol. The van der Waals surface area contributed by atoms with Gasteiger partial charge in [0, 0.05) is 11.1 Å². The second kappa shape index (κ2) is 22.9. The zero-order valence-corrected chi connectivity index (χ0v) is 37.8. The van der Waals surface area contributed by atoms with E-state index in [4.69, 9.17) is 28.9 Å². The summed E-state index contributed by atoms with van der Waals surface area (Å²) in [6, 6.07) is 35.8. The van der Waals surface area contributed by atoms with E-state index >= 15 is 0 Å². The number of carbonyl (C=O) groups is 2. The first kappa shape index (κ1) is 48.0. The maximum Gasteiger partial charge on any atom is 0.416 e. The van der Waals surface area contributed by atoms with Crippen molar-refractivity contribution in [2.75, 3.05) is 7.11 Å². The summed E-state index contributed by atoms with van der Waals surface area (Å²) in [6.45, 7) is 8.16. The topological polar surface area (TPSA) is 96.8 Å². The number of halogens is 3. The molecule has 11 heteroatoms. The fourth-order valence-corrected chi connectivity index (χ4v) is 7.56. The van der Waals surface area contributed by atoms with Crippen LogP contribution in [0.2, 0.25) is 0 Å². The third-order valence-corrected chi connectivity index (χ3v) is 11.3. The van der Waals surface area contributed by atoms with E-state index in [9.17, 15) is 22.8 Å². The number of hydrogen-bond acceptors (Lipinski definition) is 8. The lowest BCUT2D eigenvalue weighted by Crippen LogP contribution is -2.14. The second-order valence-corrected chi connectivity index (χ2v) is 16.2. The van der Waals surface area contributed by atoms with Crippen LogP contribution in [0.5, 0.6) is 17.2 Å². The van der Waals surface area contributed by atoms with Gasteiger partial charge >= 0.3 is 18.1 Å². The Balaban J connectivity index is 0.997. The van der Waals surface area contributed by atoms with Crippen LogP contribution < -0.4 is 14.2 Å². The molecular formula is C54H57F3N2O6. The van der Waals surface area contributed by atoms with Crippen LogP contribution in [-0.4, -0.2) is 29.0 Å². The predicted octanol–water partition coefficient (Wildman–Crippen LogP) is 13.7. The summed E-state index contributed by atoms with van der Waals surface area (Å²) in [4.78, 5) is 35.3. The molecule has 0 bridgehead atoms. The Kier molecular flexibility index (Phi) is 16.9. The Morgan fingerprint density at radius 2 is 1.02 bits per heavy atom. The third-order valence-electron chi connectivity index (χ3n) is 11.3. The minimum Gasteiger partial charge on any atom is -0.497 e. The van der Waals surface area contributed by atoms with Crippen molar-refractivity contribution in [3.05, 3.63) is 161 Å². The van der Waals surface area contributed by atoms with E-state index in [1.54, 1.807) is 13.2 Å². The third kappa shape index (κ3) is 13.8. The van der Waals surface area contributed by atoms with Crippen molar-refractivity contribution in [2.24, 2.45) is 0 Å². The van der Waals surface area contributed by atoms with Crippen LogP contribution in [0.15, 0.2) is 121 Å². The number of carbonyl (C=O) groups excluding carboxylic acids is 2. The van der Waals surface area contributed by atoms with Gasteiger partial charge in [0.2, 0.25) is 0 Å². The molecule has 0 unspecified atom stereocenters. The summed E-state index contributed by atoms with van der Waals surface area (Å²) < 4.78 is 62.9. The first-order valence-corrected chi connectivity index (χ1v) is 22.3. The molecule has 2 aromatic heterocycles. The van der Waals surface area contributed by atoms with Crippen LogP contribution >= 0.6 is 0 Å². The van der Waals surface area contributed by atoms with Crippen LogP contribution in [0.25, 0.3) is 22.5 Å². The van der Waals surface area contributed by atoms with Crippen molar-refractivity contribution in [1.29, 1.82) is 0 Å². The fraction of sp³-hybridized carbons (Fsp3) is 0.333. The van der Waals surface area contributed by atoms with Gasteiger partial charge in [-0.2, -0.15) is 13.2 Å². The summed E-state index contributed by atoms with van der Waals surface area (Å²) in [6.07, 6.45) is 1.19. The lowest BCUT2D eigenvalue weighted by atomic mass is 10.0. The number of hydrogen-bond donors (Lipinski definition) is 0. The SMILES string of the molecule is CCCC[C@H](Oc1ccc(CCC(=O)OC(=O)CCc2ccc(O[C@@H](CCCC)c3cccc(-c4ccc(C(F)(F)F)cc4)n3)cc2C)c(C)c1)c1cccc(-c2ccc(OC)cc2)n1. The number of aryl methyl sites for hydroxylation is 4.